The van der Waals surface area contributed by atoms with Gasteiger partial charge in [-0.1, -0.05) is 39.9 Å². The molecule has 0 aliphatic rings. The number of amides is 1. The second-order valence-electron chi connectivity index (χ2n) is 7.84. The van der Waals surface area contributed by atoms with Crippen LogP contribution < -0.4 is 5.32 Å². The summed E-state index contributed by atoms with van der Waals surface area (Å²) in [5, 5.41) is 2.47. The van der Waals surface area contributed by atoms with E-state index in [0.29, 0.717) is 6.42 Å². The van der Waals surface area contributed by atoms with Crippen LogP contribution in [0.15, 0.2) is 0 Å². The first-order valence-electron chi connectivity index (χ1n) is 6.87. The van der Waals surface area contributed by atoms with Crippen LogP contribution in [0.2, 0.25) is 5.31 Å². The standard InChI is InChI=1S/C13H28BNO4S/c1-9(8-20(17,18)19)15-11(16)10(13(5,6)14)7-12(2,3)4/h9-10H,7-8,14H2,1-6H3,(H,15,16)(H,17,18,19). The summed E-state index contributed by atoms with van der Waals surface area (Å²) < 4.78 is 30.5. The van der Waals surface area contributed by atoms with Crippen molar-refractivity contribution < 1.29 is 17.8 Å². The van der Waals surface area contributed by atoms with E-state index >= 15 is 0 Å². The van der Waals surface area contributed by atoms with Gasteiger partial charge >= 0.3 is 0 Å². The molecule has 0 saturated heterocycles. The van der Waals surface area contributed by atoms with Crippen molar-refractivity contribution in [3.63, 3.8) is 0 Å². The molecule has 2 atom stereocenters. The van der Waals surface area contributed by atoms with Crippen molar-refractivity contribution in [2.24, 2.45) is 11.3 Å². The zero-order valence-electron chi connectivity index (χ0n) is 13.6. The van der Waals surface area contributed by atoms with Gasteiger partial charge in [-0.2, -0.15) is 8.42 Å². The number of carbonyl (C=O) groups excluding carboxylic acids is 1. The lowest BCUT2D eigenvalue weighted by molar-refractivity contribution is -0.127. The summed E-state index contributed by atoms with van der Waals surface area (Å²) in [6.07, 6.45) is 0.709. The molecule has 0 rings (SSSR count). The van der Waals surface area contributed by atoms with Gasteiger partial charge in [0.1, 0.15) is 7.85 Å². The topological polar surface area (TPSA) is 83.5 Å². The maximum absolute atomic E-state index is 12.4. The smallest absolute Gasteiger partial charge is 0.266 e. The molecule has 0 fully saturated rings. The predicted octanol–water partition coefficient (Wildman–Crippen LogP) is 1.26. The minimum absolute atomic E-state index is 0.00157. The quantitative estimate of drug-likeness (QED) is 0.572. The highest BCUT2D eigenvalue weighted by atomic mass is 32.2. The molecule has 118 valence electrons. The zero-order chi connectivity index (χ0) is 16.4. The van der Waals surface area contributed by atoms with Crippen molar-refractivity contribution in [3.8, 4) is 0 Å². The second-order valence-corrected chi connectivity index (χ2v) is 9.34. The molecule has 0 aromatic carbocycles. The van der Waals surface area contributed by atoms with Gasteiger partial charge in [-0.05, 0) is 18.8 Å². The van der Waals surface area contributed by atoms with Gasteiger partial charge in [0.25, 0.3) is 10.1 Å². The normalized spacial score (nSPS) is 16.6. The highest BCUT2D eigenvalue weighted by Gasteiger charge is 2.35. The Bertz CT molecular complexity index is 434. The minimum atomic E-state index is -4.08. The summed E-state index contributed by atoms with van der Waals surface area (Å²) >= 11 is 0. The molecule has 0 heterocycles. The van der Waals surface area contributed by atoms with Crippen molar-refractivity contribution in [1.82, 2.24) is 5.32 Å². The van der Waals surface area contributed by atoms with Crippen molar-refractivity contribution in [2.75, 3.05) is 5.75 Å². The van der Waals surface area contributed by atoms with E-state index in [1.807, 2.05) is 21.7 Å². The lowest BCUT2D eigenvalue weighted by Gasteiger charge is -2.35. The molecule has 0 bridgehead atoms. The number of hydrogen-bond donors (Lipinski definition) is 2. The van der Waals surface area contributed by atoms with Crippen molar-refractivity contribution in [1.29, 1.82) is 0 Å². The van der Waals surface area contributed by atoms with E-state index in [0.717, 1.165) is 0 Å². The third-order valence-electron chi connectivity index (χ3n) is 3.03. The number of hydrogen-bond acceptors (Lipinski definition) is 3. The maximum Gasteiger partial charge on any atom is 0.266 e. The number of rotatable bonds is 6. The molecule has 0 aliphatic heterocycles. The molecule has 5 nitrogen and oxygen atoms in total. The van der Waals surface area contributed by atoms with Crippen LogP contribution in [0.5, 0.6) is 0 Å². The van der Waals surface area contributed by atoms with Crippen LogP contribution in [0, 0.1) is 11.3 Å². The molecule has 0 radical (unpaired) electrons. The van der Waals surface area contributed by atoms with Gasteiger partial charge in [-0.3, -0.25) is 9.35 Å². The van der Waals surface area contributed by atoms with Gasteiger partial charge in [-0.25, -0.2) is 0 Å². The Balaban J connectivity index is 4.90. The first kappa shape index (κ1) is 19.4. The van der Waals surface area contributed by atoms with Gasteiger partial charge in [0.05, 0.1) is 5.75 Å². The van der Waals surface area contributed by atoms with Gasteiger partial charge < -0.3 is 5.32 Å². The van der Waals surface area contributed by atoms with E-state index in [-0.39, 0.29) is 22.6 Å². The van der Waals surface area contributed by atoms with Crippen LogP contribution in [0.3, 0.4) is 0 Å². The molecule has 0 aromatic rings. The molecule has 0 aliphatic carbocycles. The largest absolute Gasteiger partial charge is 0.352 e. The van der Waals surface area contributed by atoms with Crippen LogP contribution in [-0.2, 0) is 14.9 Å². The molecule has 7 heteroatoms. The van der Waals surface area contributed by atoms with Crippen molar-refractivity contribution in [3.05, 3.63) is 0 Å². The van der Waals surface area contributed by atoms with Gasteiger partial charge in [0.2, 0.25) is 5.91 Å². The Kier molecular flexibility index (Phi) is 6.29. The van der Waals surface area contributed by atoms with Gasteiger partial charge in [-0.15, -0.1) is 0 Å². The number of carbonyl (C=O) groups is 1. The molecular formula is C13H28BNO4S. The first-order valence-corrected chi connectivity index (χ1v) is 8.48. The zero-order valence-corrected chi connectivity index (χ0v) is 14.5. The fourth-order valence-electron chi connectivity index (χ4n) is 2.11. The fourth-order valence-corrected chi connectivity index (χ4v) is 2.82. The lowest BCUT2D eigenvalue weighted by Crippen LogP contribution is -2.44. The Hall–Kier alpha value is -0.555. The summed E-state index contributed by atoms with van der Waals surface area (Å²) in [4.78, 5) is 12.4. The average molecular weight is 305 g/mol. The fraction of sp³-hybridized carbons (Fsp3) is 0.923. The van der Waals surface area contributed by atoms with Crippen molar-refractivity contribution >= 4 is 23.9 Å². The van der Waals surface area contributed by atoms with Crippen LogP contribution in [-0.4, -0.2) is 38.5 Å². The maximum atomic E-state index is 12.4. The molecule has 0 spiro atoms. The Morgan fingerprint density at radius 3 is 2.00 bits per heavy atom. The summed E-state index contributed by atoms with van der Waals surface area (Å²) in [5.41, 5.74) is 0.00157. The van der Waals surface area contributed by atoms with Crippen LogP contribution >= 0.6 is 0 Å². The highest BCUT2D eigenvalue weighted by molar-refractivity contribution is 7.85. The molecule has 20 heavy (non-hydrogen) atoms. The first-order chi connectivity index (χ1) is 8.62. The van der Waals surface area contributed by atoms with Crippen molar-refractivity contribution in [2.45, 2.75) is 59.3 Å². The molecule has 0 aromatic heterocycles. The van der Waals surface area contributed by atoms with E-state index in [4.69, 9.17) is 4.55 Å². The Morgan fingerprint density at radius 1 is 1.25 bits per heavy atom. The van der Waals surface area contributed by atoms with Crippen LogP contribution in [0.1, 0.15) is 48.0 Å². The average Bonchev–Trinajstić information content (AvgIpc) is 2.06. The van der Waals surface area contributed by atoms with Crippen LogP contribution in [0.25, 0.3) is 0 Å². The van der Waals surface area contributed by atoms with Crippen LogP contribution in [0.4, 0.5) is 0 Å². The van der Waals surface area contributed by atoms with E-state index in [1.54, 1.807) is 6.92 Å². The summed E-state index contributed by atoms with van der Waals surface area (Å²) in [7, 11) is -2.08. The number of nitrogens with one attached hydrogen (secondary N) is 1. The van der Waals surface area contributed by atoms with Gasteiger partial charge in [0, 0.05) is 12.0 Å². The minimum Gasteiger partial charge on any atom is -0.352 e. The molecule has 0 saturated carbocycles. The summed E-state index contributed by atoms with van der Waals surface area (Å²) in [6.45, 7) is 11.8. The monoisotopic (exact) mass is 305 g/mol. The van der Waals surface area contributed by atoms with E-state index in [2.05, 4.69) is 26.1 Å². The second kappa shape index (κ2) is 6.47. The molecule has 2 N–H and O–H groups in total. The Labute approximate surface area is 124 Å². The van der Waals surface area contributed by atoms with Gasteiger partial charge in [0.15, 0.2) is 0 Å². The SMILES string of the molecule is BC(C)(C)C(CC(C)(C)C)C(=O)NC(C)CS(=O)(=O)O. The Morgan fingerprint density at radius 2 is 1.70 bits per heavy atom. The third-order valence-corrected chi connectivity index (χ3v) is 3.95. The highest BCUT2D eigenvalue weighted by Crippen LogP contribution is 2.39. The van der Waals surface area contributed by atoms with E-state index in [1.165, 1.54) is 0 Å². The third kappa shape index (κ3) is 8.58. The van der Waals surface area contributed by atoms with E-state index < -0.39 is 21.9 Å². The van der Waals surface area contributed by atoms with E-state index in [9.17, 15) is 13.2 Å². The predicted molar refractivity (Wildman–Crippen MR) is 84.2 cm³/mol. The molecule has 1 amide bonds. The lowest BCUT2D eigenvalue weighted by atomic mass is 9.59. The molecular weight excluding hydrogens is 277 g/mol. The summed E-state index contributed by atoms with van der Waals surface area (Å²) in [6, 6.07) is -0.609. The summed E-state index contributed by atoms with van der Waals surface area (Å²) in [5.74, 6) is -0.847. The molecule has 2 unspecified atom stereocenters.